The highest BCUT2D eigenvalue weighted by Gasteiger charge is 2.09. The number of nitrogens with zero attached hydrogens (tertiary/aromatic N) is 1. The number of oxazole rings is 1. The number of aromatic nitrogens is 1. The van der Waals surface area contributed by atoms with Crippen molar-refractivity contribution in [2.45, 2.75) is 27.4 Å². The summed E-state index contributed by atoms with van der Waals surface area (Å²) in [5.74, 6) is 1.44. The molecule has 3 aromatic rings. The highest BCUT2D eigenvalue weighted by atomic mass is 16.5. The topological polar surface area (TPSA) is 61.3 Å². The Balaban J connectivity index is 1.83. The molecule has 0 aliphatic carbocycles. The average molecular weight is 282 g/mol. The van der Waals surface area contributed by atoms with Crippen LogP contribution < -0.4 is 10.5 Å². The standard InChI is InChI=1S/C17H18N2O2/c1-10-6-11(2)17(12(3)7-10)20-9-16-19-14-8-13(18)4-5-15(14)21-16/h4-8H,9,18H2,1-3H3. The molecule has 0 saturated heterocycles. The smallest absolute Gasteiger partial charge is 0.233 e. The van der Waals surface area contributed by atoms with Crippen molar-refractivity contribution < 1.29 is 9.15 Å². The molecule has 0 unspecified atom stereocenters. The fourth-order valence-electron chi connectivity index (χ4n) is 2.58. The van der Waals surface area contributed by atoms with E-state index in [2.05, 4.69) is 24.0 Å². The summed E-state index contributed by atoms with van der Waals surface area (Å²) in [7, 11) is 0. The molecule has 0 saturated carbocycles. The largest absolute Gasteiger partial charge is 0.483 e. The minimum Gasteiger partial charge on any atom is -0.483 e. The van der Waals surface area contributed by atoms with Gasteiger partial charge in [0.05, 0.1) is 0 Å². The zero-order valence-corrected chi connectivity index (χ0v) is 12.4. The van der Waals surface area contributed by atoms with Gasteiger partial charge in [-0.2, -0.15) is 0 Å². The van der Waals surface area contributed by atoms with Crippen LogP contribution in [0.2, 0.25) is 0 Å². The summed E-state index contributed by atoms with van der Waals surface area (Å²) >= 11 is 0. The molecule has 0 aliphatic heterocycles. The monoisotopic (exact) mass is 282 g/mol. The van der Waals surface area contributed by atoms with E-state index < -0.39 is 0 Å². The maximum Gasteiger partial charge on any atom is 0.233 e. The molecule has 0 fully saturated rings. The van der Waals surface area contributed by atoms with Crippen LogP contribution in [0.4, 0.5) is 5.69 Å². The number of aryl methyl sites for hydroxylation is 3. The highest BCUT2D eigenvalue weighted by molar-refractivity contribution is 5.76. The van der Waals surface area contributed by atoms with Crippen LogP contribution in [-0.4, -0.2) is 4.98 Å². The normalized spacial score (nSPS) is 11.0. The Morgan fingerprint density at radius 2 is 1.81 bits per heavy atom. The van der Waals surface area contributed by atoms with E-state index in [4.69, 9.17) is 14.9 Å². The van der Waals surface area contributed by atoms with Gasteiger partial charge in [0.2, 0.25) is 5.89 Å². The summed E-state index contributed by atoms with van der Waals surface area (Å²) in [5.41, 5.74) is 11.4. The van der Waals surface area contributed by atoms with Crippen molar-refractivity contribution in [2.24, 2.45) is 0 Å². The predicted octanol–water partition coefficient (Wildman–Crippen LogP) is 3.91. The van der Waals surface area contributed by atoms with Gasteiger partial charge in [0.25, 0.3) is 0 Å². The minimum atomic E-state index is 0.305. The van der Waals surface area contributed by atoms with E-state index in [1.807, 2.05) is 19.9 Å². The van der Waals surface area contributed by atoms with E-state index in [1.54, 1.807) is 12.1 Å². The molecular weight excluding hydrogens is 264 g/mol. The molecular formula is C17H18N2O2. The van der Waals surface area contributed by atoms with Crippen LogP contribution in [0.5, 0.6) is 5.75 Å². The van der Waals surface area contributed by atoms with Crippen molar-refractivity contribution in [1.82, 2.24) is 4.98 Å². The third kappa shape index (κ3) is 2.70. The van der Waals surface area contributed by atoms with E-state index in [9.17, 15) is 0 Å². The quantitative estimate of drug-likeness (QED) is 0.740. The van der Waals surface area contributed by atoms with E-state index in [0.29, 0.717) is 18.2 Å². The zero-order valence-electron chi connectivity index (χ0n) is 12.4. The van der Waals surface area contributed by atoms with Crippen LogP contribution in [-0.2, 0) is 6.61 Å². The number of nitrogen functional groups attached to an aromatic ring is 1. The molecule has 0 aliphatic rings. The van der Waals surface area contributed by atoms with Gasteiger partial charge in [-0.1, -0.05) is 17.7 Å². The zero-order chi connectivity index (χ0) is 15.0. The van der Waals surface area contributed by atoms with Crippen LogP contribution in [0.15, 0.2) is 34.7 Å². The lowest BCUT2D eigenvalue weighted by Crippen LogP contribution is -1.99. The Kier molecular flexibility index (Phi) is 3.29. The Morgan fingerprint density at radius 1 is 1.10 bits per heavy atom. The Hall–Kier alpha value is -2.49. The van der Waals surface area contributed by atoms with E-state index in [0.717, 1.165) is 28.0 Å². The molecule has 21 heavy (non-hydrogen) atoms. The first-order valence-corrected chi connectivity index (χ1v) is 6.88. The van der Waals surface area contributed by atoms with E-state index in [1.165, 1.54) is 5.56 Å². The molecule has 0 amide bonds. The van der Waals surface area contributed by atoms with Crippen LogP contribution in [0, 0.1) is 20.8 Å². The van der Waals surface area contributed by atoms with Crippen LogP contribution in [0.1, 0.15) is 22.6 Å². The second-order valence-electron chi connectivity index (χ2n) is 5.35. The van der Waals surface area contributed by atoms with Crippen molar-refractivity contribution in [2.75, 3.05) is 5.73 Å². The molecule has 0 radical (unpaired) electrons. The number of hydrogen-bond acceptors (Lipinski definition) is 4. The van der Waals surface area contributed by atoms with Gasteiger partial charge in [-0.05, 0) is 50.1 Å². The number of anilines is 1. The van der Waals surface area contributed by atoms with Gasteiger partial charge in [0.15, 0.2) is 12.2 Å². The maximum atomic E-state index is 5.88. The highest BCUT2D eigenvalue weighted by Crippen LogP contribution is 2.26. The lowest BCUT2D eigenvalue weighted by atomic mass is 10.1. The third-order valence-corrected chi connectivity index (χ3v) is 3.40. The van der Waals surface area contributed by atoms with Gasteiger partial charge >= 0.3 is 0 Å². The second kappa shape index (κ2) is 5.13. The SMILES string of the molecule is Cc1cc(C)c(OCc2nc3cc(N)ccc3o2)c(C)c1. The summed E-state index contributed by atoms with van der Waals surface area (Å²) < 4.78 is 11.5. The molecule has 1 aromatic heterocycles. The molecule has 2 N–H and O–H groups in total. The fourth-order valence-corrected chi connectivity index (χ4v) is 2.58. The molecule has 4 nitrogen and oxygen atoms in total. The molecule has 3 rings (SSSR count). The first-order chi connectivity index (χ1) is 10.0. The van der Waals surface area contributed by atoms with Gasteiger partial charge in [-0.3, -0.25) is 0 Å². The van der Waals surface area contributed by atoms with Crippen molar-refractivity contribution >= 4 is 16.8 Å². The Labute approximate surface area is 123 Å². The van der Waals surface area contributed by atoms with Crippen LogP contribution >= 0.6 is 0 Å². The number of hydrogen-bond donors (Lipinski definition) is 1. The molecule has 2 aromatic carbocycles. The number of fused-ring (bicyclic) bond motifs is 1. The van der Waals surface area contributed by atoms with E-state index in [-0.39, 0.29) is 0 Å². The van der Waals surface area contributed by atoms with Crippen molar-refractivity contribution in [3.8, 4) is 5.75 Å². The number of ether oxygens (including phenoxy) is 1. The van der Waals surface area contributed by atoms with Gasteiger partial charge in [0.1, 0.15) is 11.3 Å². The van der Waals surface area contributed by atoms with Gasteiger partial charge in [-0.25, -0.2) is 4.98 Å². The van der Waals surface area contributed by atoms with Crippen LogP contribution in [0.25, 0.3) is 11.1 Å². The van der Waals surface area contributed by atoms with Gasteiger partial charge in [0, 0.05) is 5.69 Å². The summed E-state index contributed by atoms with van der Waals surface area (Å²) in [5, 5.41) is 0. The first-order valence-electron chi connectivity index (χ1n) is 6.88. The second-order valence-corrected chi connectivity index (χ2v) is 5.35. The lowest BCUT2D eigenvalue weighted by Gasteiger charge is -2.11. The van der Waals surface area contributed by atoms with Crippen molar-refractivity contribution in [1.29, 1.82) is 0 Å². The molecule has 0 atom stereocenters. The maximum absolute atomic E-state index is 5.88. The number of benzene rings is 2. The predicted molar refractivity (Wildman–Crippen MR) is 83.4 cm³/mol. The molecule has 0 bridgehead atoms. The lowest BCUT2D eigenvalue weighted by molar-refractivity contribution is 0.264. The Morgan fingerprint density at radius 3 is 2.52 bits per heavy atom. The number of nitrogens with two attached hydrogens (primary N) is 1. The minimum absolute atomic E-state index is 0.305. The summed E-state index contributed by atoms with van der Waals surface area (Å²) in [4.78, 5) is 4.39. The summed E-state index contributed by atoms with van der Waals surface area (Å²) in [6.45, 7) is 6.47. The first kappa shape index (κ1) is 13.5. The van der Waals surface area contributed by atoms with Crippen molar-refractivity contribution in [3.63, 3.8) is 0 Å². The number of rotatable bonds is 3. The van der Waals surface area contributed by atoms with Crippen molar-refractivity contribution in [3.05, 3.63) is 52.9 Å². The van der Waals surface area contributed by atoms with Crippen LogP contribution in [0.3, 0.4) is 0 Å². The van der Waals surface area contributed by atoms with Gasteiger partial charge < -0.3 is 14.9 Å². The molecule has 108 valence electrons. The Bertz CT molecular complexity index is 783. The summed E-state index contributed by atoms with van der Waals surface area (Å²) in [6.07, 6.45) is 0. The molecule has 0 spiro atoms. The van der Waals surface area contributed by atoms with Gasteiger partial charge in [-0.15, -0.1) is 0 Å². The third-order valence-electron chi connectivity index (χ3n) is 3.40. The summed E-state index contributed by atoms with van der Waals surface area (Å²) in [6, 6.07) is 9.63. The average Bonchev–Trinajstić information content (AvgIpc) is 2.79. The molecule has 4 heteroatoms. The fraction of sp³-hybridized carbons (Fsp3) is 0.235. The van der Waals surface area contributed by atoms with E-state index >= 15 is 0 Å². The molecule has 1 heterocycles.